The summed E-state index contributed by atoms with van der Waals surface area (Å²) in [5.74, 6) is -0.825. The molecule has 2 atom stereocenters. The average Bonchev–Trinajstić information content (AvgIpc) is 3.22. The number of hydrogen-bond donors (Lipinski definition) is 1. The summed E-state index contributed by atoms with van der Waals surface area (Å²) in [6.07, 6.45) is 2.39. The number of carbonyl (C=O) groups excluding carboxylic acids is 2. The van der Waals surface area contributed by atoms with Crippen molar-refractivity contribution in [2.24, 2.45) is 0 Å². The molecule has 1 N–H and O–H groups in total. The molecule has 7 nitrogen and oxygen atoms in total. The van der Waals surface area contributed by atoms with Gasteiger partial charge in [-0.15, -0.1) is 0 Å². The molecule has 1 fully saturated rings. The highest BCUT2D eigenvalue weighted by atomic mass is 16.5. The van der Waals surface area contributed by atoms with Crippen LogP contribution in [0, 0.1) is 0 Å². The second-order valence-electron chi connectivity index (χ2n) is 7.19. The average molecular weight is 394 g/mol. The zero-order valence-corrected chi connectivity index (χ0v) is 16.3. The van der Waals surface area contributed by atoms with Gasteiger partial charge in [0.1, 0.15) is 23.7 Å². The van der Waals surface area contributed by atoms with E-state index in [0.717, 1.165) is 17.7 Å². The predicted octanol–water partition coefficient (Wildman–Crippen LogP) is 2.47. The number of rotatable bonds is 5. The number of aliphatic hydroxyl groups is 1. The second kappa shape index (κ2) is 7.67. The van der Waals surface area contributed by atoms with E-state index in [1.165, 1.54) is 12.0 Å². The van der Waals surface area contributed by atoms with Crippen molar-refractivity contribution in [1.82, 2.24) is 9.88 Å². The minimum absolute atomic E-state index is 0.0386. The van der Waals surface area contributed by atoms with Crippen LogP contribution in [0.15, 0.2) is 48.2 Å². The first-order valence-electron chi connectivity index (χ1n) is 9.49. The third-order valence-corrected chi connectivity index (χ3v) is 5.21. The lowest BCUT2D eigenvalue weighted by Gasteiger charge is -2.24. The number of hydrogen-bond acceptors (Lipinski definition) is 6. The highest BCUT2D eigenvalue weighted by Crippen LogP contribution is 2.39. The number of ether oxygens (including phenoxy) is 2. The Morgan fingerprint density at radius 3 is 2.86 bits per heavy atom. The molecule has 1 aromatic carbocycles. The summed E-state index contributed by atoms with van der Waals surface area (Å²) in [4.78, 5) is 31.3. The van der Waals surface area contributed by atoms with Crippen LogP contribution in [0.4, 0.5) is 0 Å². The lowest BCUT2D eigenvalue weighted by Crippen LogP contribution is -2.33. The van der Waals surface area contributed by atoms with E-state index in [-0.39, 0.29) is 30.6 Å². The number of benzene rings is 1. The monoisotopic (exact) mass is 394 g/mol. The topological polar surface area (TPSA) is 89.0 Å². The Bertz CT molecular complexity index is 986. The van der Waals surface area contributed by atoms with Gasteiger partial charge in [-0.1, -0.05) is 6.07 Å². The highest BCUT2D eigenvalue weighted by Gasteiger charge is 2.46. The Labute approximate surface area is 168 Å². The van der Waals surface area contributed by atoms with E-state index in [0.29, 0.717) is 11.3 Å². The van der Waals surface area contributed by atoms with Gasteiger partial charge in [0.25, 0.3) is 11.7 Å². The van der Waals surface area contributed by atoms with Crippen LogP contribution < -0.4 is 4.74 Å². The number of nitrogens with zero attached hydrogens (tertiary/aromatic N) is 2. The van der Waals surface area contributed by atoms with E-state index in [1.807, 2.05) is 13.0 Å². The van der Waals surface area contributed by atoms with Gasteiger partial charge in [-0.25, -0.2) is 0 Å². The summed E-state index contributed by atoms with van der Waals surface area (Å²) in [5, 5.41) is 11.1. The van der Waals surface area contributed by atoms with E-state index in [4.69, 9.17) is 9.47 Å². The zero-order valence-electron chi connectivity index (χ0n) is 16.3. The van der Waals surface area contributed by atoms with Crippen LogP contribution in [0.25, 0.3) is 5.76 Å². The Morgan fingerprint density at radius 1 is 1.31 bits per heavy atom. The van der Waals surface area contributed by atoms with Crippen molar-refractivity contribution in [1.29, 1.82) is 0 Å². The maximum atomic E-state index is 12.9. The quantitative estimate of drug-likeness (QED) is 0.476. The number of methoxy groups -OCH3 is 1. The van der Waals surface area contributed by atoms with Gasteiger partial charge in [0, 0.05) is 31.8 Å². The molecule has 2 unspecified atom stereocenters. The Kier molecular flexibility index (Phi) is 5.07. The minimum atomic E-state index is -0.769. The number of Topliss-reactive ketones (excluding diaryl/α,β-unsaturated/α-hetero) is 1. The van der Waals surface area contributed by atoms with E-state index in [2.05, 4.69) is 4.98 Å². The summed E-state index contributed by atoms with van der Waals surface area (Å²) in [7, 11) is 1.53. The predicted molar refractivity (Wildman–Crippen MR) is 105 cm³/mol. The van der Waals surface area contributed by atoms with E-state index in [9.17, 15) is 14.7 Å². The molecule has 7 heteroatoms. The Morgan fingerprint density at radius 2 is 2.14 bits per heavy atom. The van der Waals surface area contributed by atoms with Crippen molar-refractivity contribution in [3.63, 3.8) is 0 Å². The first kappa shape index (κ1) is 19.1. The molecular weight excluding hydrogens is 372 g/mol. The van der Waals surface area contributed by atoms with Crippen LogP contribution in [0.1, 0.15) is 29.8 Å². The van der Waals surface area contributed by atoms with Gasteiger partial charge in [-0.05, 0) is 42.8 Å². The molecule has 2 aromatic rings. The molecule has 0 saturated carbocycles. The number of amides is 1. The fraction of sp³-hybridized carbons (Fsp3) is 0.318. The molecule has 29 heavy (non-hydrogen) atoms. The van der Waals surface area contributed by atoms with Gasteiger partial charge in [-0.3, -0.25) is 14.6 Å². The maximum absolute atomic E-state index is 12.9. The number of pyridine rings is 1. The molecule has 0 radical (unpaired) electrons. The number of aliphatic hydroxyl groups excluding tert-OH is 1. The number of ketones is 1. The third-order valence-electron chi connectivity index (χ3n) is 5.21. The normalized spacial score (nSPS) is 22.6. The molecule has 4 rings (SSSR count). The summed E-state index contributed by atoms with van der Waals surface area (Å²) in [6, 6.07) is 9.80. The van der Waals surface area contributed by atoms with Crippen molar-refractivity contribution in [2.45, 2.75) is 25.5 Å². The molecule has 2 aliphatic heterocycles. The van der Waals surface area contributed by atoms with Crippen LogP contribution >= 0.6 is 0 Å². The van der Waals surface area contributed by atoms with Crippen LogP contribution in [0.3, 0.4) is 0 Å². The Balaban J connectivity index is 1.82. The Hall–Kier alpha value is -3.19. The van der Waals surface area contributed by atoms with Gasteiger partial charge in [0.2, 0.25) is 0 Å². The number of likely N-dealkylation sites (tertiary alicyclic amines) is 1. The van der Waals surface area contributed by atoms with Crippen molar-refractivity contribution in [2.75, 3.05) is 20.3 Å². The van der Waals surface area contributed by atoms with Crippen molar-refractivity contribution < 1.29 is 24.2 Å². The van der Waals surface area contributed by atoms with E-state index in [1.54, 1.807) is 36.5 Å². The summed E-state index contributed by atoms with van der Waals surface area (Å²) >= 11 is 0. The van der Waals surface area contributed by atoms with E-state index >= 15 is 0 Å². The smallest absolute Gasteiger partial charge is 0.295 e. The molecule has 0 bridgehead atoms. The molecule has 2 aliphatic rings. The lowest BCUT2D eigenvalue weighted by molar-refractivity contribution is -0.140. The van der Waals surface area contributed by atoms with Crippen molar-refractivity contribution >= 4 is 17.4 Å². The van der Waals surface area contributed by atoms with Gasteiger partial charge in [0.15, 0.2) is 0 Å². The first-order chi connectivity index (χ1) is 14.0. The summed E-state index contributed by atoms with van der Waals surface area (Å²) in [6.45, 7) is 2.46. The van der Waals surface area contributed by atoms with Crippen molar-refractivity contribution in [3.05, 3.63) is 65.0 Å². The van der Waals surface area contributed by atoms with Gasteiger partial charge in [0.05, 0.1) is 17.9 Å². The number of carbonyl (C=O) groups is 2. The van der Waals surface area contributed by atoms with Crippen LogP contribution in [0.2, 0.25) is 0 Å². The van der Waals surface area contributed by atoms with Gasteiger partial charge < -0.3 is 19.5 Å². The van der Waals surface area contributed by atoms with Gasteiger partial charge in [-0.2, -0.15) is 0 Å². The molecule has 3 heterocycles. The fourth-order valence-electron chi connectivity index (χ4n) is 3.87. The minimum Gasteiger partial charge on any atom is -0.507 e. The van der Waals surface area contributed by atoms with Gasteiger partial charge >= 0.3 is 0 Å². The SMILES string of the molecule is COCCN1C(=O)C(=O)/C(=C(\O)c2ccc3c(c2)CC(C)O3)C1c1ccccn1. The lowest BCUT2D eigenvalue weighted by atomic mass is 9.97. The van der Waals surface area contributed by atoms with Crippen LogP contribution in [-0.2, 0) is 20.7 Å². The molecular formula is C22H22N2O5. The number of aromatic nitrogens is 1. The van der Waals surface area contributed by atoms with Crippen LogP contribution in [0.5, 0.6) is 5.75 Å². The molecule has 150 valence electrons. The van der Waals surface area contributed by atoms with Crippen molar-refractivity contribution in [3.8, 4) is 5.75 Å². The summed E-state index contributed by atoms with van der Waals surface area (Å²) in [5.41, 5.74) is 2.00. The molecule has 1 aromatic heterocycles. The standard InChI is InChI=1S/C22H22N2O5/c1-13-11-15-12-14(6-7-17(15)29-13)20(25)18-19(16-5-3-4-8-23-16)24(9-10-28-2)22(27)21(18)26/h3-8,12-13,19,25H,9-11H2,1-2H3/b20-18-. The molecule has 1 amide bonds. The van der Waals surface area contributed by atoms with E-state index < -0.39 is 17.7 Å². The second-order valence-corrected chi connectivity index (χ2v) is 7.19. The maximum Gasteiger partial charge on any atom is 0.295 e. The number of fused-ring (bicyclic) bond motifs is 1. The summed E-state index contributed by atoms with van der Waals surface area (Å²) < 4.78 is 10.8. The first-order valence-corrected chi connectivity index (χ1v) is 9.49. The highest BCUT2D eigenvalue weighted by molar-refractivity contribution is 6.46. The molecule has 1 saturated heterocycles. The largest absolute Gasteiger partial charge is 0.507 e. The van der Waals surface area contributed by atoms with Crippen LogP contribution in [-0.4, -0.2) is 53.0 Å². The third kappa shape index (κ3) is 3.38. The zero-order chi connectivity index (χ0) is 20.5. The molecule has 0 spiro atoms. The fourth-order valence-corrected chi connectivity index (χ4v) is 3.87. The molecule has 0 aliphatic carbocycles.